The lowest BCUT2D eigenvalue weighted by Crippen LogP contribution is -2.32. The van der Waals surface area contributed by atoms with E-state index in [9.17, 15) is 9.59 Å². The summed E-state index contributed by atoms with van der Waals surface area (Å²) in [5.74, 6) is -2.36. The first-order valence-corrected chi connectivity index (χ1v) is 5.02. The highest BCUT2D eigenvalue weighted by Crippen LogP contribution is 2.11. The predicted octanol–water partition coefficient (Wildman–Crippen LogP) is 0.601. The van der Waals surface area contributed by atoms with Gasteiger partial charge in [0.15, 0.2) is 0 Å². The Kier molecular flexibility index (Phi) is 4.21. The number of carbonyl (C=O) groups is 2. The van der Waals surface area contributed by atoms with Crippen LogP contribution in [0.3, 0.4) is 0 Å². The van der Waals surface area contributed by atoms with Crippen molar-refractivity contribution in [1.29, 1.82) is 5.26 Å². The number of anilines is 1. The summed E-state index contributed by atoms with van der Waals surface area (Å²) in [6.07, 6.45) is -0.577. The van der Waals surface area contributed by atoms with Gasteiger partial charge in [-0.15, -0.1) is 0 Å². The van der Waals surface area contributed by atoms with Gasteiger partial charge in [-0.2, -0.15) is 5.26 Å². The molecule has 1 aromatic rings. The molecule has 1 atom stereocenters. The molecule has 3 N–H and O–H groups in total. The van der Waals surface area contributed by atoms with E-state index in [4.69, 9.17) is 15.5 Å². The SMILES string of the molecule is Cc1cc(C#N)cc(NC(CC(=O)O)C(=O)O)n1. The first-order valence-electron chi connectivity index (χ1n) is 5.02. The Hall–Kier alpha value is -2.62. The molecule has 18 heavy (non-hydrogen) atoms. The van der Waals surface area contributed by atoms with Gasteiger partial charge in [0, 0.05) is 5.69 Å². The molecule has 0 aromatic carbocycles. The molecule has 0 aliphatic rings. The number of nitrogens with zero attached hydrogens (tertiary/aromatic N) is 2. The summed E-state index contributed by atoms with van der Waals surface area (Å²) in [4.78, 5) is 25.4. The van der Waals surface area contributed by atoms with Gasteiger partial charge >= 0.3 is 11.9 Å². The standard InChI is InChI=1S/C11H11N3O4/c1-6-2-7(5-12)3-9(13-6)14-8(11(17)18)4-10(15)16/h2-3,8H,4H2,1H3,(H,13,14)(H,15,16)(H,17,18). The number of nitriles is 1. The molecular formula is C11H11N3O4. The second-order valence-electron chi connectivity index (χ2n) is 3.63. The molecule has 0 saturated heterocycles. The summed E-state index contributed by atoms with van der Waals surface area (Å²) >= 11 is 0. The maximum Gasteiger partial charge on any atom is 0.326 e. The van der Waals surface area contributed by atoms with E-state index < -0.39 is 24.4 Å². The molecule has 1 unspecified atom stereocenters. The Balaban J connectivity index is 2.94. The van der Waals surface area contributed by atoms with Crippen LogP contribution in [0.25, 0.3) is 0 Å². The third-order valence-corrected chi connectivity index (χ3v) is 2.08. The molecule has 0 radical (unpaired) electrons. The minimum atomic E-state index is -1.29. The van der Waals surface area contributed by atoms with Gasteiger partial charge in [0.2, 0.25) is 0 Å². The highest BCUT2D eigenvalue weighted by Gasteiger charge is 2.21. The minimum Gasteiger partial charge on any atom is -0.481 e. The smallest absolute Gasteiger partial charge is 0.326 e. The van der Waals surface area contributed by atoms with E-state index in [0.717, 1.165) is 0 Å². The topological polar surface area (TPSA) is 123 Å². The molecule has 0 amide bonds. The van der Waals surface area contributed by atoms with Crippen molar-refractivity contribution in [3.63, 3.8) is 0 Å². The Morgan fingerprint density at radius 1 is 1.50 bits per heavy atom. The van der Waals surface area contributed by atoms with Gasteiger partial charge in [0.25, 0.3) is 0 Å². The van der Waals surface area contributed by atoms with Gasteiger partial charge in [-0.3, -0.25) is 4.79 Å². The predicted molar refractivity (Wildman–Crippen MR) is 61.0 cm³/mol. The fourth-order valence-corrected chi connectivity index (χ4v) is 1.36. The van der Waals surface area contributed by atoms with Crippen LogP contribution in [0.2, 0.25) is 0 Å². The molecule has 7 heteroatoms. The summed E-state index contributed by atoms with van der Waals surface area (Å²) in [6, 6.07) is 3.52. The van der Waals surface area contributed by atoms with Crippen molar-refractivity contribution < 1.29 is 19.8 Å². The second kappa shape index (κ2) is 5.63. The molecule has 0 bridgehead atoms. The normalized spacial score (nSPS) is 11.3. The Morgan fingerprint density at radius 2 is 2.17 bits per heavy atom. The van der Waals surface area contributed by atoms with E-state index in [1.165, 1.54) is 12.1 Å². The van der Waals surface area contributed by atoms with Crippen LogP contribution >= 0.6 is 0 Å². The monoisotopic (exact) mass is 249 g/mol. The zero-order valence-electron chi connectivity index (χ0n) is 9.54. The van der Waals surface area contributed by atoms with Gasteiger partial charge in [-0.25, -0.2) is 9.78 Å². The van der Waals surface area contributed by atoms with Crippen LogP contribution in [0.4, 0.5) is 5.82 Å². The summed E-state index contributed by atoms with van der Waals surface area (Å²) in [7, 11) is 0. The molecule has 1 aromatic heterocycles. The molecule has 1 rings (SSSR count). The first-order chi connectivity index (χ1) is 8.42. The molecule has 0 saturated carbocycles. The summed E-state index contributed by atoms with van der Waals surface area (Å²) in [5, 5.41) is 28.7. The average Bonchev–Trinajstić information content (AvgIpc) is 2.26. The van der Waals surface area contributed by atoms with Crippen molar-refractivity contribution in [2.75, 3.05) is 5.32 Å². The Labute approximate surface area is 103 Å². The molecule has 0 aliphatic carbocycles. The molecule has 0 fully saturated rings. The summed E-state index contributed by atoms with van der Waals surface area (Å²) in [5.41, 5.74) is 0.862. The molecule has 7 nitrogen and oxygen atoms in total. The number of hydrogen-bond acceptors (Lipinski definition) is 5. The zero-order valence-corrected chi connectivity index (χ0v) is 9.54. The van der Waals surface area contributed by atoms with Crippen LogP contribution < -0.4 is 5.32 Å². The zero-order chi connectivity index (χ0) is 13.7. The van der Waals surface area contributed by atoms with Crippen LogP contribution in [-0.2, 0) is 9.59 Å². The molecular weight excluding hydrogens is 238 g/mol. The van der Waals surface area contributed by atoms with Gasteiger partial charge in [-0.05, 0) is 19.1 Å². The number of carboxylic acids is 2. The number of nitrogens with one attached hydrogen (secondary N) is 1. The van der Waals surface area contributed by atoms with Crippen molar-refractivity contribution in [1.82, 2.24) is 4.98 Å². The number of aromatic nitrogens is 1. The fourth-order valence-electron chi connectivity index (χ4n) is 1.36. The van der Waals surface area contributed by atoms with Crippen molar-refractivity contribution in [2.24, 2.45) is 0 Å². The largest absolute Gasteiger partial charge is 0.481 e. The van der Waals surface area contributed by atoms with E-state index in [0.29, 0.717) is 11.3 Å². The summed E-state index contributed by atoms with van der Waals surface area (Å²) < 4.78 is 0. The van der Waals surface area contributed by atoms with Gasteiger partial charge in [0.1, 0.15) is 11.9 Å². The van der Waals surface area contributed by atoms with Crippen LogP contribution in [0.1, 0.15) is 17.7 Å². The van der Waals surface area contributed by atoms with Crippen LogP contribution in [0.15, 0.2) is 12.1 Å². The maximum atomic E-state index is 10.9. The molecule has 94 valence electrons. The fraction of sp³-hybridized carbons (Fsp3) is 0.273. The van der Waals surface area contributed by atoms with Crippen molar-refractivity contribution >= 4 is 17.8 Å². The number of aryl methyl sites for hydroxylation is 1. The number of carboxylic acid groups (broad SMARTS) is 2. The van der Waals surface area contributed by atoms with Gasteiger partial charge in [-0.1, -0.05) is 0 Å². The quantitative estimate of drug-likeness (QED) is 0.698. The summed E-state index contributed by atoms with van der Waals surface area (Å²) in [6.45, 7) is 1.65. The lowest BCUT2D eigenvalue weighted by molar-refractivity contribution is -0.144. The van der Waals surface area contributed by atoms with Crippen molar-refractivity contribution in [2.45, 2.75) is 19.4 Å². The van der Waals surface area contributed by atoms with E-state index >= 15 is 0 Å². The van der Waals surface area contributed by atoms with Crippen LogP contribution in [-0.4, -0.2) is 33.2 Å². The third-order valence-electron chi connectivity index (χ3n) is 2.08. The van der Waals surface area contributed by atoms with Crippen LogP contribution in [0.5, 0.6) is 0 Å². The highest BCUT2D eigenvalue weighted by atomic mass is 16.4. The van der Waals surface area contributed by atoms with E-state index in [1.54, 1.807) is 6.92 Å². The Morgan fingerprint density at radius 3 is 2.67 bits per heavy atom. The number of hydrogen-bond donors (Lipinski definition) is 3. The molecule has 1 heterocycles. The van der Waals surface area contributed by atoms with E-state index in [-0.39, 0.29) is 5.82 Å². The van der Waals surface area contributed by atoms with Gasteiger partial charge < -0.3 is 15.5 Å². The maximum absolute atomic E-state index is 10.9. The minimum absolute atomic E-state index is 0.167. The molecule has 0 aliphatic heterocycles. The lowest BCUT2D eigenvalue weighted by Gasteiger charge is -2.13. The first kappa shape index (κ1) is 13.4. The number of aliphatic carboxylic acids is 2. The number of pyridine rings is 1. The Bertz CT molecular complexity index is 522. The lowest BCUT2D eigenvalue weighted by atomic mass is 10.2. The van der Waals surface area contributed by atoms with Gasteiger partial charge in [0.05, 0.1) is 18.1 Å². The average molecular weight is 249 g/mol. The third kappa shape index (κ3) is 3.75. The van der Waals surface area contributed by atoms with Crippen molar-refractivity contribution in [3.8, 4) is 6.07 Å². The molecule has 0 spiro atoms. The van der Waals surface area contributed by atoms with Crippen LogP contribution in [0, 0.1) is 18.3 Å². The van der Waals surface area contributed by atoms with Crippen molar-refractivity contribution in [3.05, 3.63) is 23.4 Å². The highest BCUT2D eigenvalue weighted by molar-refractivity contribution is 5.83. The number of rotatable bonds is 5. The van der Waals surface area contributed by atoms with E-state index in [2.05, 4.69) is 10.3 Å². The van der Waals surface area contributed by atoms with E-state index in [1.807, 2.05) is 6.07 Å². The second-order valence-corrected chi connectivity index (χ2v) is 3.63.